The molecule has 0 aliphatic heterocycles. The zero-order valence-electron chi connectivity index (χ0n) is 14.8. The first-order valence-electron chi connectivity index (χ1n) is 7.95. The molecular weight excluding hydrogens is 402 g/mol. The number of nitrogens with one attached hydrogen (secondary N) is 1. The zero-order valence-corrected chi connectivity index (χ0v) is 17.4. The van der Waals surface area contributed by atoms with Crippen LogP contribution >= 0.6 is 15.9 Å². The van der Waals surface area contributed by atoms with E-state index in [0.717, 1.165) is 21.3 Å². The molecule has 0 radical (unpaired) electrons. The van der Waals surface area contributed by atoms with Crippen LogP contribution in [0, 0.1) is 0 Å². The lowest BCUT2D eigenvalue weighted by Crippen LogP contribution is -2.24. The number of carbonyl (C=O) groups excluding carboxylic acids is 2. The number of anilines is 1. The lowest BCUT2D eigenvalue weighted by molar-refractivity contribution is 0.0602. The molecule has 0 aromatic heterocycles. The zero-order chi connectivity index (χ0) is 18.6. The maximum absolute atomic E-state index is 12.1. The van der Waals surface area contributed by atoms with Crippen LogP contribution in [0.5, 0.6) is 0 Å². The van der Waals surface area contributed by atoms with Crippen LogP contribution in [0.4, 0.5) is 10.5 Å². The largest absolute Gasteiger partial charge is 0.465 e. The van der Waals surface area contributed by atoms with Crippen LogP contribution in [0.25, 0.3) is 10.8 Å². The number of fused-ring (bicyclic) bond motifs is 1. The molecule has 0 unspecified atom stereocenters. The van der Waals surface area contributed by atoms with Gasteiger partial charge < -0.3 is 9.47 Å². The Morgan fingerprint density at radius 2 is 1.84 bits per heavy atom. The van der Waals surface area contributed by atoms with E-state index in [2.05, 4.69) is 40.9 Å². The van der Waals surface area contributed by atoms with Gasteiger partial charge in [0.05, 0.1) is 25.0 Å². The molecule has 2 rings (SSSR count). The summed E-state index contributed by atoms with van der Waals surface area (Å²) >= 11 is 3.41. The molecule has 1 N–H and O–H groups in total. The third-order valence-electron chi connectivity index (χ3n) is 3.67. The van der Waals surface area contributed by atoms with Crippen molar-refractivity contribution in [1.82, 2.24) is 0 Å². The van der Waals surface area contributed by atoms with Crippen molar-refractivity contribution in [2.24, 2.45) is 0 Å². The quantitative estimate of drug-likeness (QED) is 0.524. The van der Waals surface area contributed by atoms with Crippen molar-refractivity contribution in [3.63, 3.8) is 0 Å². The van der Waals surface area contributed by atoms with Crippen molar-refractivity contribution in [3.05, 3.63) is 40.4 Å². The van der Waals surface area contributed by atoms with E-state index in [1.807, 2.05) is 18.2 Å². The summed E-state index contributed by atoms with van der Waals surface area (Å²) in [4.78, 5) is 24.1. The first-order chi connectivity index (χ1) is 11.7. The van der Waals surface area contributed by atoms with Crippen LogP contribution in [0.1, 0.15) is 10.4 Å². The van der Waals surface area contributed by atoms with Gasteiger partial charge in [-0.15, -0.1) is 0 Å². The molecule has 134 valence electrons. The Morgan fingerprint density at radius 3 is 2.48 bits per heavy atom. The predicted molar refractivity (Wildman–Crippen MR) is 106 cm³/mol. The average molecular weight is 424 g/mol. The third-order valence-corrected chi connectivity index (χ3v) is 5.86. The number of hydrogen-bond donors (Lipinski definition) is 1. The fraction of sp³-hybridized carbons (Fsp3) is 0.333. The van der Waals surface area contributed by atoms with Gasteiger partial charge in [-0.05, 0) is 41.1 Å². The first kappa shape index (κ1) is 19.5. The highest BCUT2D eigenvalue weighted by Crippen LogP contribution is 2.27. The van der Waals surface area contributed by atoms with Crippen LogP contribution in [-0.4, -0.2) is 33.9 Å². The Balaban J connectivity index is 2.24. The molecule has 0 saturated carbocycles. The van der Waals surface area contributed by atoms with Crippen molar-refractivity contribution in [1.29, 1.82) is 0 Å². The van der Waals surface area contributed by atoms with Crippen molar-refractivity contribution in [3.8, 4) is 0 Å². The molecule has 5 nitrogen and oxygen atoms in total. The highest BCUT2D eigenvalue weighted by molar-refractivity contribution is 9.10. The maximum atomic E-state index is 12.1. The normalized spacial score (nSPS) is 11.2. The number of esters is 1. The van der Waals surface area contributed by atoms with E-state index in [-0.39, 0.29) is 5.56 Å². The molecule has 25 heavy (non-hydrogen) atoms. The molecule has 7 heteroatoms. The molecule has 2 aromatic carbocycles. The van der Waals surface area contributed by atoms with Gasteiger partial charge in [-0.1, -0.05) is 41.6 Å². The second-order valence-electron chi connectivity index (χ2n) is 6.95. The minimum atomic E-state index is -1.28. The molecule has 0 bridgehead atoms. The van der Waals surface area contributed by atoms with Gasteiger partial charge >= 0.3 is 12.1 Å². The highest BCUT2D eigenvalue weighted by atomic mass is 79.9. The molecule has 0 aliphatic carbocycles. The number of carbonyl (C=O) groups is 2. The number of amides is 1. The second-order valence-corrected chi connectivity index (χ2v) is 13.5. The minimum Gasteiger partial charge on any atom is -0.465 e. The number of benzene rings is 2. The SMILES string of the molecule is COC(=O)c1cc2cc(Br)ccc2cc1NC(=O)OCC[Si](C)(C)C. The molecule has 0 heterocycles. The molecule has 0 aliphatic rings. The molecule has 0 saturated heterocycles. The summed E-state index contributed by atoms with van der Waals surface area (Å²) < 4.78 is 11.0. The highest BCUT2D eigenvalue weighted by Gasteiger charge is 2.17. The Bertz CT molecular complexity index is 801. The molecule has 2 aromatic rings. The lowest BCUT2D eigenvalue weighted by atomic mass is 10.0. The summed E-state index contributed by atoms with van der Waals surface area (Å²) in [6.45, 7) is 7.01. The lowest BCUT2D eigenvalue weighted by Gasteiger charge is -2.16. The third kappa shape index (κ3) is 5.57. The van der Waals surface area contributed by atoms with Gasteiger partial charge in [0.25, 0.3) is 0 Å². The topological polar surface area (TPSA) is 64.6 Å². The fourth-order valence-corrected chi connectivity index (χ4v) is 3.34. The van der Waals surface area contributed by atoms with Gasteiger partial charge in [-0.3, -0.25) is 5.32 Å². The fourth-order valence-electron chi connectivity index (χ4n) is 2.25. The van der Waals surface area contributed by atoms with Gasteiger partial charge in [0.15, 0.2) is 0 Å². The molecule has 1 amide bonds. The van der Waals surface area contributed by atoms with Gasteiger partial charge in [0.1, 0.15) is 0 Å². The van der Waals surface area contributed by atoms with Crippen LogP contribution in [0.2, 0.25) is 25.7 Å². The minimum absolute atomic E-state index is 0.287. The Morgan fingerprint density at radius 1 is 1.12 bits per heavy atom. The summed E-state index contributed by atoms with van der Waals surface area (Å²) in [7, 11) is 0.0331. The van der Waals surface area contributed by atoms with Crippen molar-refractivity contribution in [2.75, 3.05) is 19.0 Å². The van der Waals surface area contributed by atoms with E-state index in [9.17, 15) is 9.59 Å². The van der Waals surface area contributed by atoms with E-state index in [0.29, 0.717) is 12.3 Å². The van der Waals surface area contributed by atoms with Gasteiger partial charge in [-0.25, -0.2) is 9.59 Å². The average Bonchev–Trinajstić information content (AvgIpc) is 2.52. The van der Waals surface area contributed by atoms with Gasteiger partial charge in [-0.2, -0.15) is 0 Å². The summed E-state index contributed by atoms with van der Waals surface area (Å²) in [6, 6.07) is 10.0. The predicted octanol–water partition coefficient (Wildman–Crippen LogP) is 5.28. The van der Waals surface area contributed by atoms with Crippen molar-refractivity contribution >= 4 is 52.5 Å². The van der Waals surface area contributed by atoms with E-state index in [1.54, 1.807) is 12.1 Å². The second kappa shape index (κ2) is 8.01. The number of ether oxygens (including phenoxy) is 2. The summed E-state index contributed by atoms with van der Waals surface area (Å²) in [5.74, 6) is -0.515. The molecule has 0 fully saturated rings. The van der Waals surface area contributed by atoms with E-state index >= 15 is 0 Å². The van der Waals surface area contributed by atoms with Gasteiger partial charge in [0.2, 0.25) is 0 Å². The molecular formula is C18H22BrNO4Si. The monoisotopic (exact) mass is 423 g/mol. The van der Waals surface area contributed by atoms with Crippen molar-refractivity contribution in [2.45, 2.75) is 25.7 Å². The van der Waals surface area contributed by atoms with Crippen LogP contribution in [-0.2, 0) is 9.47 Å². The van der Waals surface area contributed by atoms with Crippen LogP contribution in [0.3, 0.4) is 0 Å². The van der Waals surface area contributed by atoms with Crippen molar-refractivity contribution < 1.29 is 19.1 Å². The Labute approximate surface area is 156 Å². The number of hydrogen-bond acceptors (Lipinski definition) is 4. The summed E-state index contributed by atoms with van der Waals surface area (Å²) in [6.07, 6.45) is -0.570. The van der Waals surface area contributed by atoms with Gasteiger partial charge in [0, 0.05) is 12.5 Å². The molecule has 0 spiro atoms. The Kier molecular flexibility index (Phi) is 6.24. The number of rotatable bonds is 5. The summed E-state index contributed by atoms with van der Waals surface area (Å²) in [5, 5.41) is 4.43. The number of methoxy groups -OCH3 is 1. The number of halogens is 1. The van der Waals surface area contributed by atoms with Crippen LogP contribution < -0.4 is 5.32 Å². The summed E-state index contributed by atoms with van der Waals surface area (Å²) in [5.41, 5.74) is 0.662. The van der Waals surface area contributed by atoms with E-state index in [4.69, 9.17) is 9.47 Å². The first-order valence-corrected chi connectivity index (χ1v) is 12.4. The van der Waals surface area contributed by atoms with E-state index < -0.39 is 20.1 Å². The standard InChI is InChI=1S/C18H22BrNO4Si/c1-23-17(21)15-10-13-9-14(19)6-5-12(13)11-16(15)20-18(22)24-7-8-25(2,3)4/h5-6,9-11H,7-8H2,1-4H3,(H,20,22). The maximum Gasteiger partial charge on any atom is 0.411 e. The van der Waals surface area contributed by atoms with E-state index in [1.165, 1.54) is 7.11 Å². The van der Waals surface area contributed by atoms with Crippen LogP contribution in [0.15, 0.2) is 34.8 Å². The smallest absolute Gasteiger partial charge is 0.411 e. The Hall–Kier alpha value is -1.86. The molecule has 0 atom stereocenters.